The van der Waals surface area contributed by atoms with Crippen molar-refractivity contribution in [2.24, 2.45) is 5.10 Å². The van der Waals surface area contributed by atoms with Gasteiger partial charge in [-0.1, -0.05) is 54.8 Å². The molecular weight excluding hydrogens is 449 g/mol. The number of rotatable bonds is 7. The fourth-order valence-electron chi connectivity index (χ4n) is 3.73. The number of benzene rings is 2. The zero-order chi connectivity index (χ0) is 22.3. The van der Waals surface area contributed by atoms with Gasteiger partial charge in [0.05, 0.1) is 12.0 Å². The van der Waals surface area contributed by atoms with Gasteiger partial charge in [0.15, 0.2) is 11.0 Å². The highest BCUT2D eigenvalue weighted by Crippen LogP contribution is 2.35. The number of halogens is 2. The number of hydrogen-bond donors (Lipinski definition) is 1. The lowest BCUT2D eigenvalue weighted by Gasteiger charge is -2.25. The zero-order valence-electron chi connectivity index (χ0n) is 17.4. The summed E-state index contributed by atoms with van der Waals surface area (Å²) in [4.78, 5) is 12.3. The van der Waals surface area contributed by atoms with Gasteiger partial charge in [0, 0.05) is 16.6 Å². The third-order valence-corrected chi connectivity index (χ3v) is 6.51. The van der Waals surface area contributed by atoms with Crippen LogP contribution in [0, 0.1) is 5.82 Å². The second kappa shape index (κ2) is 10.7. The van der Waals surface area contributed by atoms with E-state index < -0.39 is 0 Å². The van der Waals surface area contributed by atoms with Crippen LogP contribution >= 0.6 is 23.4 Å². The SMILES string of the molecule is O=C(CSc1nnc(-c2ccc(Cl)cc2)n1C1CCCCC1)N/N=C\c1ccc(F)cc1. The maximum Gasteiger partial charge on any atom is 0.250 e. The Kier molecular flexibility index (Phi) is 7.55. The van der Waals surface area contributed by atoms with E-state index in [1.54, 1.807) is 12.1 Å². The van der Waals surface area contributed by atoms with E-state index in [0.717, 1.165) is 29.4 Å². The summed E-state index contributed by atoms with van der Waals surface area (Å²) >= 11 is 7.39. The molecule has 166 valence electrons. The highest BCUT2D eigenvalue weighted by Gasteiger charge is 2.24. The minimum Gasteiger partial charge on any atom is -0.299 e. The number of hydrogen-bond acceptors (Lipinski definition) is 5. The Labute approximate surface area is 195 Å². The Morgan fingerprint density at radius 1 is 1.12 bits per heavy atom. The highest BCUT2D eigenvalue weighted by atomic mass is 35.5. The number of aromatic nitrogens is 3. The molecule has 0 spiro atoms. The maximum absolute atomic E-state index is 13.0. The molecule has 3 aromatic rings. The van der Waals surface area contributed by atoms with Gasteiger partial charge in [0.2, 0.25) is 0 Å². The van der Waals surface area contributed by atoms with Crippen LogP contribution in [-0.2, 0) is 4.79 Å². The summed E-state index contributed by atoms with van der Waals surface area (Å²) < 4.78 is 15.1. The van der Waals surface area contributed by atoms with E-state index in [2.05, 4.69) is 25.3 Å². The van der Waals surface area contributed by atoms with Crippen LogP contribution in [0.2, 0.25) is 5.02 Å². The van der Waals surface area contributed by atoms with Crippen molar-refractivity contribution in [2.75, 3.05) is 5.75 Å². The Morgan fingerprint density at radius 3 is 2.56 bits per heavy atom. The number of hydrazone groups is 1. The third kappa shape index (κ3) is 5.75. The Morgan fingerprint density at radius 2 is 1.84 bits per heavy atom. The molecule has 1 N–H and O–H groups in total. The fourth-order valence-corrected chi connectivity index (χ4v) is 4.65. The number of nitrogens with zero attached hydrogens (tertiary/aromatic N) is 4. The quantitative estimate of drug-likeness (QED) is 0.281. The molecule has 0 radical (unpaired) electrons. The van der Waals surface area contributed by atoms with Crippen molar-refractivity contribution in [3.8, 4) is 11.4 Å². The van der Waals surface area contributed by atoms with Gasteiger partial charge in [-0.15, -0.1) is 10.2 Å². The molecule has 1 aromatic heterocycles. The summed E-state index contributed by atoms with van der Waals surface area (Å²) in [6.45, 7) is 0. The molecule has 1 aliphatic rings. The standard InChI is InChI=1S/C23H23ClFN5OS/c24-18-10-8-17(9-11-18)22-28-29-23(30(22)20-4-2-1-3-5-20)32-15-21(31)27-26-14-16-6-12-19(25)13-7-16/h6-14,20H,1-5,15H2,(H,27,31)/b26-14-. The van der Waals surface area contributed by atoms with Crippen molar-refractivity contribution in [2.45, 2.75) is 43.3 Å². The molecule has 0 saturated heterocycles. The van der Waals surface area contributed by atoms with Gasteiger partial charge in [-0.25, -0.2) is 9.82 Å². The molecule has 2 aromatic carbocycles. The Bertz CT molecular complexity index is 1080. The molecule has 1 saturated carbocycles. The molecule has 0 unspecified atom stereocenters. The van der Waals surface area contributed by atoms with E-state index in [0.29, 0.717) is 16.6 Å². The Hall–Kier alpha value is -2.71. The van der Waals surface area contributed by atoms with E-state index in [9.17, 15) is 9.18 Å². The van der Waals surface area contributed by atoms with Crippen LogP contribution in [0.4, 0.5) is 4.39 Å². The number of carbonyl (C=O) groups excluding carboxylic acids is 1. The van der Waals surface area contributed by atoms with Gasteiger partial charge in [-0.2, -0.15) is 5.10 Å². The van der Waals surface area contributed by atoms with Crippen LogP contribution in [0.5, 0.6) is 0 Å². The summed E-state index contributed by atoms with van der Waals surface area (Å²) in [6.07, 6.45) is 7.20. The van der Waals surface area contributed by atoms with Gasteiger partial charge in [0.1, 0.15) is 5.82 Å². The lowest BCUT2D eigenvalue weighted by atomic mass is 9.95. The molecule has 0 aliphatic heterocycles. The predicted molar refractivity (Wildman–Crippen MR) is 125 cm³/mol. The van der Waals surface area contributed by atoms with Crippen molar-refractivity contribution in [1.29, 1.82) is 0 Å². The van der Waals surface area contributed by atoms with E-state index >= 15 is 0 Å². The van der Waals surface area contributed by atoms with Crippen molar-refractivity contribution in [3.63, 3.8) is 0 Å². The minimum absolute atomic E-state index is 0.159. The van der Waals surface area contributed by atoms with Crippen LogP contribution in [0.25, 0.3) is 11.4 Å². The molecule has 1 heterocycles. The average Bonchev–Trinajstić information content (AvgIpc) is 3.24. The van der Waals surface area contributed by atoms with Crippen molar-refractivity contribution >= 4 is 35.5 Å². The molecule has 6 nitrogen and oxygen atoms in total. The van der Waals surface area contributed by atoms with E-state index in [-0.39, 0.29) is 17.5 Å². The molecule has 0 atom stereocenters. The van der Waals surface area contributed by atoms with E-state index in [1.165, 1.54) is 49.4 Å². The van der Waals surface area contributed by atoms with Crippen LogP contribution < -0.4 is 5.43 Å². The second-order valence-corrected chi connectivity index (χ2v) is 8.99. The number of amides is 1. The molecule has 9 heteroatoms. The third-order valence-electron chi connectivity index (χ3n) is 5.31. The molecule has 0 bridgehead atoms. The second-order valence-electron chi connectivity index (χ2n) is 7.61. The summed E-state index contributed by atoms with van der Waals surface area (Å²) in [7, 11) is 0. The summed E-state index contributed by atoms with van der Waals surface area (Å²) in [5, 5.41) is 14.2. The maximum atomic E-state index is 13.0. The van der Waals surface area contributed by atoms with E-state index in [4.69, 9.17) is 11.6 Å². The molecule has 1 aliphatic carbocycles. The number of carbonyl (C=O) groups is 1. The van der Waals surface area contributed by atoms with Crippen LogP contribution in [-0.4, -0.2) is 32.6 Å². The predicted octanol–water partition coefficient (Wildman–Crippen LogP) is 5.49. The summed E-state index contributed by atoms with van der Waals surface area (Å²) in [5.41, 5.74) is 4.15. The lowest BCUT2D eigenvalue weighted by molar-refractivity contribution is -0.118. The number of nitrogens with one attached hydrogen (secondary N) is 1. The highest BCUT2D eigenvalue weighted by molar-refractivity contribution is 7.99. The average molecular weight is 472 g/mol. The summed E-state index contributed by atoms with van der Waals surface area (Å²) in [6, 6.07) is 13.7. The molecular formula is C23H23ClFN5OS. The van der Waals surface area contributed by atoms with Crippen LogP contribution in [0.1, 0.15) is 43.7 Å². The molecule has 1 amide bonds. The van der Waals surface area contributed by atoms with Crippen LogP contribution in [0.3, 0.4) is 0 Å². The van der Waals surface area contributed by atoms with E-state index in [1.807, 2.05) is 24.3 Å². The van der Waals surface area contributed by atoms with Gasteiger partial charge >= 0.3 is 0 Å². The first-order chi connectivity index (χ1) is 15.6. The smallest absolute Gasteiger partial charge is 0.250 e. The van der Waals surface area contributed by atoms with Crippen molar-refractivity contribution in [3.05, 3.63) is 64.9 Å². The van der Waals surface area contributed by atoms with Gasteiger partial charge in [0.25, 0.3) is 5.91 Å². The fraction of sp³-hybridized carbons (Fsp3) is 0.304. The Balaban J connectivity index is 1.44. The first-order valence-electron chi connectivity index (χ1n) is 10.5. The zero-order valence-corrected chi connectivity index (χ0v) is 18.9. The first kappa shape index (κ1) is 22.5. The monoisotopic (exact) mass is 471 g/mol. The molecule has 32 heavy (non-hydrogen) atoms. The van der Waals surface area contributed by atoms with Crippen LogP contribution in [0.15, 0.2) is 58.8 Å². The van der Waals surface area contributed by atoms with Gasteiger partial charge in [-0.05, 0) is 54.8 Å². The summed E-state index contributed by atoms with van der Waals surface area (Å²) in [5.74, 6) is 0.389. The van der Waals surface area contributed by atoms with Crippen molar-refractivity contribution < 1.29 is 9.18 Å². The van der Waals surface area contributed by atoms with Crippen molar-refractivity contribution in [1.82, 2.24) is 20.2 Å². The van der Waals surface area contributed by atoms with Gasteiger partial charge in [-0.3, -0.25) is 9.36 Å². The molecule has 4 rings (SSSR count). The lowest BCUT2D eigenvalue weighted by Crippen LogP contribution is -2.20. The topological polar surface area (TPSA) is 72.2 Å². The molecule has 1 fully saturated rings. The first-order valence-corrected chi connectivity index (χ1v) is 11.9. The number of thioether (sulfide) groups is 1. The minimum atomic E-state index is -0.317. The van der Waals surface area contributed by atoms with Gasteiger partial charge < -0.3 is 0 Å². The largest absolute Gasteiger partial charge is 0.299 e. The normalized spacial score (nSPS) is 14.7.